The van der Waals surface area contributed by atoms with Gasteiger partial charge in [0.2, 0.25) is 0 Å². The summed E-state index contributed by atoms with van der Waals surface area (Å²) < 4.78 is 29.1. The van der Waals surface area contributed by atoms with Crippen molar-refractivity contribution in [2.45, 2.75) is 19.6 Å². The third kappa shape index (κ3) is 4.48. The molecule has 2 amide bonds. The number of benzene rings is 2. The Morgan fingerprint density at radius 1 is 1.10 bits per heavy atom. The summed E-state index contributed by atoms with van der Waals surface area (Å²) in [6.07, 6.45) is 0. The largest absolute Gasteiger partial charge is 0.493 e. The quantitative estimate of drug-likeness (QED) is 0.728. The van der Waals surface area contributed by atoms with Gasteiger partial charge in [-0.1, -0.05) is 18.2 Å². The van der Waals surface area contributed by atoms with Crippen LogP contribution in [-0.2, 0) is 16.1 Å². The average Bonchev–Trinajstić information content (AvgIpc) is 2.72. The number of ether oxygens (including phenoxy) is 3. The van der Waals surface area contributed by atoms with E-state index in [1.54, 1.807) is 37.3 Å². The summed E-state index contributed by atoms with van der Waals surface area (Å²) in [6, 6.07) is 9.99. The van der Waals surface area contributed by atoms with Gasteiger partial charge in [0.25, 0.3) is 0 Å². The molecule has 0 unspecified atom stereocenters. The minimum absolute atomic E-state index is 0.229. The number of carbonyl (C=O) groups is 2. The summed E-state index contributed by atoms with van der Waals surface area (Å²) in [5.74, 6) is 0.0421. The molecule has 3 rings (SSSR count). The highest BCUT2D eigenvalue weighted by Crippen LogP contribution is 2.34. The number of hydrogen-bond acceptors (Lipinski definition) is 5. The molecule has 2 aromatic rings. The molecule has 1 atom stereocenters. The molecule has 2 aromatic carbocycles. The van der Waals surface area contributed by atoms with Gasteiger partial charge in [0.15, 0.2) is 11.5 Å². The Bertz CT molecular complexity index is 956. The molecule has 0 saturated heterocycles. The molecule has 0 aromatic heterocycles. The summed E-state index contributed by atoms with van der Waals surface area (Å²) >= 11 is 0. The summed E-state index contributed by atoms with van der Waals surface area (Å²) in [7, 11) is 2.77. The molecule has 0 aliphatic carbocycles. The zero-order valence-electron chi connectivity index (χ0n) is 16.2. The molecule has 7 nitrogen and oxygen atoms in total. The van der Waals surface area contributed by atoms with E-state index in [1.807, 2.05) is 0 Å². The third-order valence-electron chi connectivity index (χ3n) is 4.50. The molecule has 0 bridgehead atoms. The van der Waals surface area contributed by atoms with Crippen LogP contribution in [0.2, 0.25) is 0 Å². The highest BCUT2D eigenvalue weighted by atomic mass is 19.1. The van der Waals surface area contributed by atoms with Gasteiger partial charge in [-0.25, -0.2) is 14.0 Å². The topological polar surface area (TPSA) is 85.9 Å². The maximum absolute atomic E-state index is 13.0. The molecular formula is C21H21FN2O5. The number of methoxy groups -OCH3 is 2. The van der Waals surface area contributed by atoms with Gasteiger partial charge in [0.1, 0.15) is 12.4 Å². The number of esters is 1. The number of urea groups is 1. The van der Waals surface area contributed by atoms with E-state index in [1.165, 1.54) is 26.4 Å². The van der Waals surface area contributed by atoms with Crippen LogP contribution < -0.4 is 20.1 Å². The molecular weight excluding hydrogens is 379 g/mol. The molecule has 1 heterocycles. The standard InChI is InChI=1S/C21H21FN2O5/c1-12-18(20(25)28-3)19(24-21(26)23-12)14-6-9-16(17(10-14)27-2)29-11-13-4-7-15(22)8-5-13/h4-10,19H,11H2,1-3H3,(H2,23,24,26)/t19-/m1/s1. The highest BCUT2D eigenvalue weighted by molar-refractivity contribution is 5.95. The lowest BCUT2D eigenvalue weighted by Gasteiger charge is -2.28. The molecule has 2 N–H and O–H groups in total. The van der Waals surface area contributed by atoms with Crippen molar-refractivity contribution in [3.05, 3.63) is 70.7 Å². The zero-order valence-corrected chi connectivity index (χ0v) is 16.2. The molecule has 152 valence electrons. The van der Waals surface area contributed by atoms with Gasteiger partial charge in [0.05, 0.1) is 25.8 Å². The van der Waals surface area contributed by atoms with Crippen LogP contribution >= 0.6 is 0 Å². The molecule has 29 heavy (non-hydrogen) atoms. The van der Waals surface area contributed by atoms with E-state index in [0.717, 1.165) is 5.56 Å². The Labute approximate surface area is 167 Å². The van der Waals surface area contributed by atoms with Crippen molar-refractivity contribution < 1.29 is 28.2 Å². The van der Waals surface area contributed by atoms with Gasteiger partial charge in [-0.15, -0.1) is 0 Å². The molecule has 1 aliphatic heterocycles. The highest BCUT2D eigenvalue weighted by Gasteiger charge is 2.32. The maximum Gasteiger partial charge on any atom is 0.337 e. The number of nitrogens with one attached hydrogen (secondary N) is 2. The van der Waals surface area contributed by atoms with Gasteiger partial charge in [-0.3, -0.25) is 0 Å². The van der Waals surface area contributed by atoms with Crippen LogP contribution in [0.25, 0.3) is 0 Å². The average molecular weight is 400 g/mol. The second-order valence-corrected chi connectivity index (χ2v) is 6.39. The summed E-state index contributed by atoms with van der Waals surface area (Å²) in [5.41, 5.74) is 2.15. The van der Waals surface area contributed by atoms with E-state index in [0.29, 0.717) is 28.3 Å². The molecule has 0 saturated carbocycles. The van der Waals surface area contributed by atoms with Crippen molar-refractivity contribution in [3.8, 4) is 11.5 Å². The second kappa shape index (κ2) is 8.64. The van der Waals surface area contributed by atoms with Crippen molar-refractivity contribution in [3.63, 3.8) is 0 Å². The number of rotatable bonds is 6. The Morgan fingerprint density at radius 2 is 1.83 bits per heavy atom. The van der Waals surface area contributed by atoms with Crippen molar-refractivity contribution in [1.29, 1.82) is 0 Å². The summed E-state index contributed by atoms with van der Waals surface area (Å²) in [6.45, 7) is 1.86. The first kappa shape index (κ1) is 20.2. The first-order chi connectivity index (χ1) is 13.9. The maximum atomic E-state index is 13.0. The predicted molar refractivity (Wildman–Crippen MR) is 103 cm³/mol. The van der Waals surface area contributed by atoms with Gasteiger partial charge < -0.3 is 24.8 Å². The van der Waals surface area contributed by atoms with Gasteiger partial charge in [-0.05, 0) is 42.3 Å². The van der Waals surface area contributed by atoms with Gasteiger partial charge in [-0.2, -0.15) is 0 Å². The van der Waals surface area contributed by atoms with Crippen molar-refractivity contribution in [1.82, 2.24) is 10.6 Å². The second-order valence-electron chi connectivity index (χ2n) is 6.39. The van der Waals surface area contributed by atoms with Gasteiger partial charge >= 0.3 is 12.0 Å². The van der Waals surface area contributed by atoms with E-state index < -0.39 is 18.0 Å². The monoisotopic (exact) mass is 400 g/mol. The number of allylic oxidation sites excluding steroid dienone is 1. The minimum atomic E-state index is -0.698. The fourth-order valence-electron chi connectivity index (χ4n) is 3.05. The van der Waals surface area contributed by atoms with Crippen LogP contribution in [0, 0.1) is 5.82 Å². The van der Waals surface area contributed by atoms with Gasteiger partial charge in [0, 0.05) is 5.70 Å². The molecule has 0 radical (unpaired) electrons. The molecule has 1 aliphatic rings. The molecule has 0 spiro atoms. The Kier molecular flexibility index (Phi) is 6.01. The summed E-state index contributed by atoms with van der Waals surface area (Å²) in [5, 5.41) is 5.29. The van der Waals surface area contributed by atoms with Crippen molar-refractivity contribution in [2.75, 3.05) is 14.2 Å². The lowest BCUT2D eigenvalue weighted by atomic mass is 9.95. The normalized spacial score (nSPS) is 16.0. The predicted octanol–water partition coefficient (Wildman–Crippen LogP) is 3.21. The van der Waals surface area contributed by atoms with Crippen molar-refractivity contribution in [2.24, 2.45) is 0 Å². The molecule has 8 heteroatoms. The van der Waals surface area contributed by atoms with Crippen LogP contribution in [-0.4, -0.2) is 26.2 Å². The third-order valence-corrected chi connectivity index (χ3v) is 4.50. The van der Waals surface area contributed by atoms with Crippen LogP contribution in [0.4, 0.5) is 9.18 Å². The van der Waals surface area contributed by atoms with E-state index in [4.69, 9.17) is 14.2 Å². The van der Waals surface area contributed by atoms with Crippen LogP contribution in [0.15, 0.2) is 53.7 Å². The Morgan fingerprint density at radius 3 is 2.48 bits per heavy atom. The van der Waals surface area contributed by atoms with Crippen molar-refractivity contribution >= 4 is 12.0 Å². The van der Waals surface area contributed by atoms with E-state index >= 15 is 0 Å². The van der Waals surface area contributed by atoms with Crippen LogP contribution in [0.5, 0.6) is 11.5 Å². The van der Waals surface area contributed by atoms with Crippen LogP contribution in [0.3, 0.4) is 0 Å². The zero-order chi connectivity index (χ0) is 21.0. The first-order valence-electron chi connectivity index (χ1n) is 8.84. The smallest absolute Gasteiger partial charge is 0.337 e. The Hall–Kier alpha value is -3.55. The van der Waals surface area contributed by atoms with E-state index in [9.17, 15) is 14.0 Å². The van der Waals surface area contributed by atoms with E-state index in [-0.39, 0.29) is 12.4 Å². The minimum Gasteiger partial charge on any atom is -0.493 e. The number of hydrogen-bond donors (Lipinski definition) is 2. The van der Waals surface area contributed by atoms with Crippen LogP contribution in [0.1, 0.15) is 24.1 Å². The first-order valence-corrected chi connectivity index (χ1v) is 8.84. The van der Waals surface area contributed by atoms with E-state index in [2.05, 4.69) is 10.6 Å². The fourth-order valence-corrected chi connectivity index (χ4v) is 3.05. The SMILES string of the molecule is COC(=O)C1=C(C)NC(=O)N[C@@H]1c1ccc(OCc2ccc(F)cc2)c(OC)c1. The number of amides is 2. The fraction of sp³-hybridized carbons (Fsp3) is 0.238. The lowest BCUT2D eigenvalue weighted by Crippen LogP contribution is -2.45. The number of carbonyl (C=O) groups excluding carboxylic acids is 2. The summed E-state index contributed by atoms with van der Waals surface area (Å²) in [4.78, 5) is 24.1. The Balaban J connectivity index is 1.87. The molecule has 0 fully saturated rings. The lowest BCUT2D eigenvalue weighted by molar-refractivity contribution is -0.136. The number of halogens is 1.